The molecule has 0 saturated carbocycles. The normalized spacial score (nSPS) is 20.6. The van der Waals surface area contributed by atoms with Crippen molar-refractivity contribution in [1.82, 2.24) is 9.88 Å². The first-order valence-corrected chi connectivity index (χ1v) is 10.8. The number of hydrogen-bond acceptors (Lipinski definition) is 5. The lowest BCUT2D eigenvalue weighted by molar-refractivity contribution is 0.133. The summed E-state index contributed by atoms with van der Waals surface area (Å²) < 4.78 is 53.5. The van der Waals surface area contributed by atoms with Crippen LogP contribution < -0.4 is 9.62 Å². The van der Waals surface area contributed by atoms with Gasteiger partial charge in [-0.1, -0.05) is 6.42 Å². The average molecular weight is 408 g/mol. The molecule has 6 nitrogen and oxygen atoms in total. The number of fused-ring (bicyclic) bond motifs is 1. The third kappa shape index (κ3) is 3.95. The molecular formula is C19H22F2N4O2S. The third-order valence-electron chi connectivity index (χ3n) is 5.36. The van der Waals surface area contributed by atoms with Gasteiger partial charge in [0.1, 0.15) is 10.7 Å². The number of sulfonamides is 1. The number of piperidine rings is 1. The van der Waals surface area contributed by atoms with Crippen molar-refractivity contribution < 1.29 is 17.2 Å². The standard InChI is InChI=1S/C19H22F2N4O2S/c20-17-6-4-14(11-18(17)21)23-28(26,27)16-5-7-19(22-12-16)25-10-9-24-8-2-1-3-15(24)13-25/h4-7,11-12,15,23H,1-3,8-10,13H2. The molecule has 2 fully saturated rings. The van der Waals surface area contributed by atoms with Gasteiger partial charge in [0.05, 0.1) is 5.69 Å². The van der Waals surface area contributed by atoms with Gasteiger partial charge in [0.2, 0.25) is 0 Å². The largest absolute Gasteiger partial charge is 0.354 e. The second-order valence-electron chi connectivity index (χ2n) is 7.22. The van der Waals surface area contributed by atoms with Crippen molar-refractivity contribution in [3.05, 3.63) is 48.2 Å². The molecule has 1 N–H and O–H groups in total. The van der Waals surface area contributed by atoms with Crippen LogP contribution in [-0.4, -0.2) is 50.5 Å². The molecule has 1 unspecified atom stereocenters. The molecule has 0 spiro atoms. The van der Waals surface area contributed by atoms with Gasteiger partial charge in [0.25, 0.3) is 10.0 Å². The van der Waals surface area contributed by atoms with Crippen LogP contribution in [0.2, 0.25) is 0 Å². The SMILES string of the molecule is O=S(=O)(Nc1ccc(F)c(F)c1)c1ccc(N2CCN3CCCCC3C2)nc1. The van der Waals surface area contributed by atoms with Crippen LogP contribution in [0.25, 0.3) is 0 Å². The van der Waals surface area contributed by atoms with Gasteiger partial charge in [-0.2, -0.15) is 0 Å². The summed E-state index contributed by atoms with van der Waals surface area (Å²) in [5.74, 6) is -1.40. The fourth-order valence-electron chi connectivity index (χ4n) is 3.86. The highest BCUT2D eigenvalue weighted by Gasteiger charge is 2.29. The van der Waals surface area contributed by atoms with E-state index in [2.05, 4.69) is 19.5 Å². The van der Waals surface area contributed by atoms with E-state index < -0.39 is 21.7 Å². The molecule has 3 heterocycles. The van der Waals surface area contributed by atoms with Crippen LogP contribution in [-0.2, 0) is 10.0 Å². The van der Waals surface area contributed by atoms with Gasteiger partial charge in [-0.3, -0.25) is 9.62 Å². The van der Waals surface area contributed by atoms with E-state index in [0.717, 1.165) is 44.1 Å². The summed E-state index contributed by atoms with van der Waals surface area (Å²) in [4.78, 5) is 9.01. The summed E-state index contributed by atoms with van der Waals surface area (Å²) in [5, 5.41) is 0. The Labute approximate surface area is 163 Å². The summed E-state index contributed by atoms with van der Waals surface area (Å²) in [7, 11) is -3.94. The Morgan fingerprint density at radius 1 is 1.04 bits per heavy atom. The summed E-state index contributed by atoms with van der Waals surface area (Å²) in [5.41, 5.74) is -0.0450. The van der Waals surface area contributed by atoms with Crippen LogP contribution in [0.5, 0.6) is 0 Å². The van der Waals surface area contributed by atoms with Gasteiger partial charge in [-0.25, -0.2) is 22.2 Å². The Morgan fingerprint density at radius 2 is 1.89 bits per heavy atom. The van der Waals surface area contributed by atoms with Crippen LogP contribution in [0, 0.1) is 11.6 Å². The molecule has 2 saturated heterocycles. The maximum atomic E-state index is 13.3. The van der Waals surface area contributed by atoms with Gasteiger partial charge in [0, 0.05) is 37.9 Å². The molecule has 28 heavy (non-hydrogen) atoms. The molecule has 0 amide bonds. The second kappa shape index (κ2) is 7.63. The number of rotatable bonds is 4. The van der Waals surface area contributed by atoms with E-state index in [9.17, 15) is 17.2 Å². The van der Waals surface area contributed by atoms with Crippen molar-refractivity contribution in [2.75, 3.05) is 35.8 Å². The molecule has 150 valence electrons. The molecule has 0 radical (unpaired) electrons. The minimum Gasteiger partial charge on any atom is -0.354 e. The van der Waals surface area contributed by atoms with Crippen molar-refractivity contribution in [2.45, 2.75) is 30.2 Å². The molecule has 0 bridgehead atoms. The fraction of sp³-hybridized carbons (Fsp3) is 0.421. The van der Waals surface area contributed by atoms with Crippen molar-refractivity contribution in [2.24, 2.45) is 0 Å². The van der Waals surface area contributed by atoms with Gasteiger partial charge < -0.3 is 4.90 Å². The van der Waals surface area contributed by atoms with Crippen molar-refractivity contribution in [3.8, 4) is 0 Å². The number of nitrogens with zero attached hydrogens (tertiary/aromatic N) is 3. The number of piperazine rings is 1. The zero-order chi connectivity index (χ0) is 19.7. The lowest BCUT2D eigenvalue weighted by atomic mass is 9.99. The first-order chi connectivity index (χ1) is 13.4. The number of halogens is 2. The minimum absolute atomic E-state index is 0.0303. The number of pyridine rings is 1. The van der Waals surface area contributed by atoms with E-state index >= 15 is 0 Å². The first kappa shape index (κ1) is 19.1. The number of hydrogen-bond donors (Lipinski definition) is 1. The van der Waals surface area contributed by atoms with E-state index in [0.29, 0.717) is 6.04 Å². The molecule has 1 aromatic carbocycles. The predicted octanol–water partition coefficient (Wildman–Crippen LogP) is 2.84. The van der Waals surface area contributed by atoms with Crippen LogP contribution in [0.15, 0.2) is 41.4 Å². The first-order valence-electron chi connectivity index (χ1n) is 9.35. The molecule has 4 rings (SSSR count). The highest BCUT2D eigenvalue weighted by Crippen LogP contribution is 2.25. The number of nitrogens with one attached hydrogen (secondary N) is 1. The Bertz CT molecular complexity index is 953. The Balaban J connectivity index is 1.47. The molecule has 0 aliphatic carbocycles. The maximum Gasteiger partial charge on any atom is 0.263 e. The molecule has 2 aliphatic heterocycles. The van der Waals surface area contributed by atoms with Crippen molar-refractivity contribution >= 4 is 21.5 Å². The van der Waals surface area contributed by atoms with E-state index in [1.165, 1.54) is 37.6 Å². The van der Waals surface area contributed by atoms with Crippen LogP contribution in [0.4, 0.5) is 20.3 Å². The van der Waals surface area contributed by atoms with Gasteiger partial charge in [-0.05, 0) is 43.7 Å². The Kier molecular flexibility index (Phi) is 5.20. The van der Waals surface area contributed by atoms with E-state index in [-0.39, 0.29) is 10.6 Å². The summed E-state index contributed by atoms with van der Waals surface area (Å²) in [6, 6.07) is 6.55. The Hall–Kier alpha value is -2.26. The highest BCUT2D eigenvalue weighted by atomic mass is 32.2. The summed E-state index contributed by atoms with van der Waals surface area (Å²) in [6.45, 7) is 3.90. The van der Waals surface area contributed by atoms with Gasteiger partial charge in [-0.15, -0.1) is 0 Å². The maximum absolute atomic E-state index is 13.3. The zero-order valence-corrected chi connectivity index (χ0v) is 16.1. The number of anilines is 2. The van der Waals surface area contributed by atoms with Crippen LogP contribution >= 0.6 is 0 Å². The lowest BCUT2D eigenvalue weighted by Crippen LogP contribution is -2.55. The smallest absolute Gasteiger partial charge is 0.263 e. The third-order valence-corrected chi connectivity index (χ3v) is 6.73. The fourth-order valence-corrected chi connectivity index (χ4v) is 4.85. The van der Waals surface area contributed by atoms with Gasteiger partial charge >= 0.3 is 0 Å². The predicted molar refractivity (Wildman–Crippen MR) is 103 cm³/mol. The zero-order valence-electron chi connectivity index (χ0n) is 15.3. The van der Waals surface area contributed by atoms with Crippen molar-refractivity contribution in [1.29, 1.82) is 0 Å². The molecule has 1 aromatic heterocycles. The summed E-state index contributed by atoms with van der Waals surface area (Å²) in [6.07, 6.45) is 4.98. The average Bonchev–Trinajstić information content (AvgIpc) is 2.70. The molecule has 2 aromatic rings. The topological polar surface area (TPSA) is 65.5 Å². The monoisotopic (exact) mass is 408 g/mol. The minimum atomic E-state index is -3.94. The van der Waals surface area contributed by atoms with Crippen molar-refractivity contribution in [3.63, 3.8) is 0 Å². The van der Waals surface area contributed by atoms with Gasteiger partial charge in [0.15, 0.2) is 11.6 Å². The molecule has 9 heteroatoms. The van der Waals surface area contributed by atoms with E-state index in [4.69, 9.17) is 0 Å². The Morgan fingerprint density at radius 3 is 2.64 bits per heavy atom. The second-order valence-corrected chi connectivity index (χ2v) is 8.90. The van der Waals surface area contributed by atoms with E-state index in [1.54, 1.807) is 6.07 Å². The quantitative estimate of drug-likeness (QED) is 0.843. The highest BCUT2D eigenvalue weighted by molar-refractivity contribution is 7.92. The molecular weight excluding hydrogens is 386 g/mol. The van der Waals surface area contributed by atoms with E-state index in [1.807, 2.05) is 0 Å². The number of aromatic nitrogens is 1. The number of benzene rings is 1. The molecule has 1 atom stereocenters. The summed E-state index contributed by atoms with van der Waals surface area (Å²) >= 11 is 0. The lowest BCUT2D eigenvalue weighted by Gasteiger charge is -2.44. The van der Waals surface area contributed by atoms with Crippen LogP contribution in [0.1, 0.15) is 19.3 Å². The van der Waals surface area contributed by atoms with Crippen LogP contribution in [0.3, 0.4) is 0 Å². The molecule has 2 aliphatic rings.